The zero-order valence-corrected chi connectivity index (χ0v) is 16.1. The van der Waals surface area contributed by atoms with Crippen LogP contribution in [0.15, 0.2) is 24.3 Å². The average molecular weight is 365 g/mol. The van der Waals surface area contributed by atoms with Gasteiger partial charge in [0.1, 0.15) is 6.04 Å². The topological polar surface area (TPSA) is 67.6 Å². The number of benzene rings is 1. The maximum Gasteiger partial charge on any atom is 0.238 e. The predicted molar refractivity (Wildman–Crippen MR) is 104 cm³/mol. The van der Waals surface area contributed by atoms with Gasteiger partial charge < -0.3 is 14.9 Å². The summed E-state index contributed by atoms with van der Waals surface area (Å²) in [4.78, 5) is 15.7. The fourth-order valence-electron chi connectivity index (χ4n) is 4.15. The minimum atomic E-state index is -0.537. The van der Waals surface area contributed by atoms with E-state index in [0.29, 0.717) is 5.92 Å². The molecule has 142 valence electrons. The van der Waals surface area contributed by atoms with Crippen molar-refractivity contribution < 1.29 is 9.90 Å². The molecule has 3 atom stereocenters. The van der Waals surface area contributed by atoms with Gasteiger partial charge in [0.25, 0.3) is 0 Å². The summed E-state index contributed by atoms with van der Waals surface area (Å²) in [6.45, 7) is 0.0857. The van der Waals surface area contributed by atoms with Crippen molar-refractivity contribution in [3.05, 3.63) is 35.4 Å². The molecule has 5 heteroatoms. The summed E-state index contributed by atoms with van der Waals surface area (Å²) in [6, 6.07) is 9.26. The number of hydrogen-bond acceptors (Lipinski definition) is 4. The number of likely N-dealkylation sites (tertiary alicyclic amines) is 1. The Hall–Kier alpha value is -2.34. The molecule has 1 heterocycles. The van der Waals surface area contributed by atoms with Crippen molar-refractivity contribution in [3.63, 3.8) is 0 Å². The Bertz CT molecular complexity index is 763. The number of aliphatic hydroxyl groups excluding tert-OH is 1. The van der Waals surface area contributed by atoms with E-state index in [-0.39, 0.29) is 31.0 Å². The van der Waals surface area contributed by atoms with Crippen LogP contribution in [0.2, 0.25) is 0 Å². The van der Waals surface area contributed by atoms with Crippen LogP contribution in [0.3, 0.4) is 0 Å². The Labute approximate surface area is 161 Å². The van der Waals surface area contributed by atoms with E-state index in [1.54, 1.807) is 4.90 Å². The number of nitrogens with zero attached hydrogens (tertiary/aromatic N) is 3. The summed E-state index contributed by atoms with van der Waals surface area (Å²) in [7, 11) is 3.63. The molecule has 3 rings (SSSR count). The summed E-state index contributed by atoms with van der Waals surface area (Å²) in [6.07, 6.45) is 4.96. The van der Waals surface area contributed by atoms with Crippen LogP contribution in [0.5, 0.6) is 0 Å². The first-order chi connectivity index (χ1) is 13.0. The minimum absolute atomic E-state index is 0.124. The molecule has 5 nitrogen and oxygen atoms in total. The molecule has 1 aromatic carbocycles. The first-order valence-corrected chi connectivity index (χ1v) is 9.63. The van der Waals surface area contributed by atoms with Gasteiger partial charge in [-0.15, -0.1) is 0 Å². The summed E-state index contributed by atoms with van der Waals surface area (Å²) >= 11 is 0. The molecule has 1 saturated carbocycles. The van der Waals surface area contributed by atoms with Gasteiger partial charge >= 0.3 is 0 Å². The van der Waals surface area contributed by atoms with Crippen molar-refractivity contribution in [2.24, 2.45) is 5.92 Å². The number of carbonyl (C=O) groups excluding carboxylic acids is 1. The minimum Gasteiger partial charge on any atom is -0.394 e. The summed E-state index contributed by atoms with van der Waals surface area (Å²) in [5.41, 5.74) is 1.94. The first kappa shape index (κ1) is 19.4. The second-order valence-electron chi connectivity index (χ2n) is 7.76. The molecule has 0 aromatic heterocycles. The van der Waals surface area contributed by atoms with Gasteiger partial charge in [-0.25, -0.2) is 0 Å². The number of hydrogen-bond donors (Lipinski definition) is 1. The van der Waals surface area contributed by atoms with Gasteiger partial charge in [-0.2, -0.15) is 5.26 Å². The molecule has 1 aliphatic carbocycles. The van der Waals surface area contributed by atoms with Crippen LogP contribution in [0, 0.1) is 29.1 Å². The Morgan fingerprint density at radius 3 is 2.48 bits per heavy atom. The molecular weight excluding hydrogens is 338 g/mol. The number of carbonyl (C=O) groups is 1. The highest BCUT2D eigenvalue weighted by atomic mass is 16.3. The van der Waals surface area contributed by atoms with E-state index >= 15 is 0 Å². The molecule has 0 bridgehead atoms. The Morgan fingerprint density at radius 2 is 1.93 bits per heavy atom. The molecule has 0 unspecified atom stereocenters. The van der Waals surface area contributed by atoms with Gasteiger partial charge in [0.15, 0.2) is 0 Å². The standard InChI is InChI=1S/C22H27N3O2/c1-24(2)14-21(27)25-19(13-23)22(20(25)15-26)18-11-9-17(10-12-18)8-7-16-5-3-4-6-16/h9-12,16,19-20,22,26H,3-6,14-15H2,1-2H3/t19-,20+,22-/m1/s1. The molecule has 2 fully saturated rings. The van der Waals surface area contributed by atoms with Gasteiger partial charge in [0, 0.05) is 17.4 Å². The van der Waals surface area contributed by atoms with Gasteiger partial charge in [-0.3, -0.25) is 4.79 Å². The molecule has 1 N–H and O–H groups in total. The van der Waals surface area contributed by atoms with E-state index in [1.807, 2.05) is 38.4 Å². The summed E-state index contributed by atoms with van der Waals surface area (Å²) in [5.74, 6) is 6.84. The third-order valence-electron chi connectivity index (χ3n) is 5.54. The molecule has 1 aromatic rings. The van der Waals surface area contributed by atoms with Crippen molar-refractivity contribution in [2.45, 2.75) is 43.7 Å². The lowest BCUT2D eigenvalue weighted by molar-refractivity contribution is -0.147. The molecule has 1 saturated heterocycles. The number of aliphatic hydroxyl groups is 1. The van der Waals surface area contributed by atoms with E-state index in [4.69, 9.17) is 0 Å². The summed E-state index contributed by atoms with van der Waals surface area (Å²) in [5, 5.41) is 19.4. The number of likely N-dealkylation sites (N-methyl/N-ethyl adjacent to an activating group) is 1. The molecule has 1 aliphatic heterocycles. The normalized spacial score (nSPS) is 24.9. The van der Waals surface area contributed by atoms with Crippen LogP contribution in [-0.2, 0) is 4.79 Å². The van der Waals surface area contributed by atoms with Crippen LogP contribution >= 0.6 is 0 Å². The van der Waals surface area contributed by atoms with Crippen molar-refractivity contribution in [1.82, 2.24) is 9.80 Å². The lowest BCUT2D eigenvalue weighted by atomic mass is 9.75. The highest BCUT2D eigenvalue weighted by Crippen LogP contribution is 2.40. The Balaban J connectivity index is 1.73. The zero-order chi connectivity index (χ0) is 19.4. The van der Waals surface area contributed by atoms with E-state index in [9.17, 15) is 15.2 Å². The average Bonchev–Trinajstić information content (AvgIpc) is 3.14. The van der Waals surface area contributed by atoms with Crippen LogP contribution < -0.4 is 0 Å². The molecular formula is C22H27N3O2. The van der Waals surface area contributed by atoms with Crippen molar-refractivity contribution in [2.75, 3.05) is 27.2 Å². The van der Waals surface area contributed by atoms with E-state index in [2.05, 4.69) is 17.9 Å². The second kappa shape index (κ2) is 8.57. The second-order valence-corrected chi connectivity index (χ2v) is 7.76. The predicted octanol–water partition coefficient (Wildman–Crippen LogP) is 1.97. The van der Waals surface area contributed by atoms with Crippen LogP contribution in [-0.4, -0.2) is 60.1 Å². The van der Waals surface area contributed by atoms with Gasteiger partial charge in [0.05, 0.1) is 25.3 Å². The van der Waals surface area contributed by atoms with Crippen molar-refractivity contribution in [1.29, 1.82) is 5.26 Å². The van der Waals surface area contributed by atoms with Crippen molar-refractivity contribution in [3.8, 4) is 17.9 Å². The molecule has 0 radical (unpaired) electrons. The molecule has 2 aliphatic rings. The third kappa shape index (κ3) is 4.16. The Kier molecular flexibility index (Phi) is 6.16. The quantitative estimate of drug-likeness (QED) is 0.829. The lowest BCUT2D eigenvalue weighted by Crippen LogP contribution is -2.66. The third-order valence-corrected chi connectivity index (χ3v) is 5.54. The van der Waals surface area contributed by atoms with Crippen molar-refractivity contribution >= 4 is 5.91 Å². The smallest absolute Gasteiger partial charge is 0.238 e. The summed E-state index contributed by atoms with van der Waals surface area (Å²) < 4.78 is 0. The number of nitriles is 1. The number of amides is 1. The van der Waals surface area contributed by atoms with E-state index in [1.165, 1.54) is 30.6 Å². The first-order valence-electron chi connectivity index (χ1n) is 9.63. The zero-order valence-electron chi connectivity index (χ0n) is 16.1. The van der Waals surface area contributed by atoms with Crippen LogP contribution in [0.4, 0.5) is 0 Å². The van der Waals surface area contributed by atoms with E-state index in [0.717, 1.165) is 11.1 Å². The fraction of sp³-hybridized carbons (Fsp3) is 0.545. The fourth-order valence-corrected chi connectivity index (χ4v) is 4.15. The molecule has 27 heavy (non-hydrogen) atoms. The monoisotopic (exact) mass is 365 g/mol. The largest absolute Gasteiger partial charge is 0.394 e. The van der Waals surface area contributed by atoms with Gasteiger partial charge in [-0.1, -0.05) is 36.8 Å². The number of rotatable bonds is 4. The molecule has 0 spiro atoms. The SMILES string of the molecule is CN(C)CC(=O)N1[C@H](C#N)[C@@H](c2ccc(C#CC3CCCC3)cc2)[C@@H]1CO. The van der Waals surface area contributed by atoms with Crippen LogP contribution in [0.25, 0.3) is 0 Å². The highest BCUT2D eigenvalue weighted by Gasteiger charge is 2.51. The van der Waals surface area contributed by atoms with E-state index < -0.39 is 6.04 Å². The van der Waals surface area contributed by atoms with Gasteiger partial charge in [-0.05, 0) is 44.6 Å². The highest BCUT2D eigenvalue weighted by molar-refractivity contribution is 5.81. The maximum atomic E-state index is 12.4. The molecule has 1 amide bonds. The maximum absolute atomic E-state index is 12.4. The lowest BCUT2D eigenvalue weighted by Gasteiger charge is -2.51. The van der Waals surface area contributed by atoms with Crippen LogP contribution in [0.1, 0.15) is 42.7 Å². The Morgan fingerprint density at radius 1 is 1.26 bits per heavy atom. The van der Waals surface area contributed by atoms with Gasteiger partial charge in [0.2, 0.25) is 5.91 Å².